The highest BCUT2D eigenvalue weighted by atomic mass is 16.5. The maximum Gasteiger partial charge on any atom is 0.254 e. The van der Waals surface area contributed by atoms with Gasteiger partial charge in [-0.15, -0.1) is 0 Å². The van der Waals surface area contributed by atoms with Crippen molar-refractivity contribution >= 4 is 17.5 Å². The summed E-state index contributed by atoms with van der Waals surface area (Å²) in [7, 11) is 1.61. The number of nitrogens with zero attached hydrogens (tertiary/aromatic N) is 1. The molecule has 6 nitrogen and oxygen atoms in total. The second-order valence-electron chi connectivity index (χ2n) is 6.54. The lowest BCUT2D eigenvalue weighted by Crippen LogP contribution is -2.35. The van der Waals surface area contributed by atoms with Gasteiger partial charge < -0.3 is 19.7 Å². The molecule has 0 saturated carbocycles. The van der Waals surface area contributed by atoms with Gasteiger partial charge in [0.1, 0.15) is 0 Å². The number of anilines is 1. The van der Waals surface area contributed by atoms with Crippen LogP contribution in [0.1, 0.15) is 35.3 Å². The summed E-state index contributed by atoms with van der Waals surface area (Å²) in [5.41, 5.74) is 3.32. The van der Waals surface area contributed by atoms with E-state index >= 15 is 0 Å². The molecule has 2 rings (SSSR count). The summed E-state index contributed by atoms with van der Waals surface area (Å²) >= 11 is 0. The molecule has 0 bridgehead atoms. The number of aryl methyl sites for hydroxylation is 2. The van der Waals surface area contributed by atoms with Gasteiger partial charge in [-0.3, -0.25) is 9.59 Å². The van der Waals surface area contributed by atoms with E-state index in [1.165, 1.54) is 4.90 Å². The minimum atomic E-state index is -0.286. The molecule has 2 aromatic rings. The van der Waals surface area contributed by atoms with Crippen LogP contribution in [0.3, 0.4) is 0 Å². The Hall–Kier alpha value is -3.02. The molecule has 0 atom stereocenters. The third-order valence-corrected chi connectivity index (χ3v) is 4.31. The number of amides is 2. The quantitative estimate of drug-likeness (QED) is 0.751. The normalized spacial score (nSPS) is 10.3. The predicted octanol–water partition coefficient (Wildman–Crippen LogP) is 3.81. The van der Waals surface area contributed by atoms with Gasteiger partial charge in [0.05, 0.1) is 19.8 Å². The summed E-state index contributed by atoms with van der Waals surface area (Å²) in [5.74, 6) is 0.720. The molecule has 1 N–H and O–H groups in total. The number of likely N-dealkylation sites (N-methyl/N-ethyl adjacent to an activating group) is 1. The van der Waals surface area contributed by atoms with Gasteiger partial charge in [-0.05, 0) is 63.1 Å². The van der Waals surface area contributed by atoms with E-state index in [9.17, 15) is 9.59 Å². The molecular weight excluding hydrogens is 356 g/mol. The van der Waals surface area contributed by atoms with Gasteiger partial charge in [-0.2, -0.15) is 0 Å². The molecule has 0 spiro atoms. The van der Waals surface area contributed by atoms with Crippen molar-refractivity contribution in [1.82, 2.24) is 4.90 Å². The zero-order valence-electron chi connectivity index (χ0n) is 17.2. The molecule has 2 aromatic carbocycles. The van der Waals surface area contributed by atoms with E-state index in [2.05, 4.69) is 5.32 Å². The molecule has 0 aliphatic rings. The van der Waals surface area contributed by atoms with Crippen LogP contribution >= 0.6 is 0 Å². The number of benzene rings is 2. The molecular formula is C22H28N2O4. The zero-order valence-corrected chi connectivity index (χ0v) is 17.2. The van der Waals surface area contributed by atoms with E-state index < -0.39 is 0 Å². The van der Waals surface area contributed by atoms with Crippen LogP contribution in [-0.2, 0) is 4.79 Å². The first-order chi connectivity index (χ1) is 13.3. The first-order valence-electron chi connectivity index (χ1n) is 9.37. The highest BCUT2D eigenvalue weighted by Gasteiger charge is 2.16. The highest BCUT2D eigenvalue weighted by molar-refractivity contribution is 5.99. The molecule has 2 amide bonds. The van der Waals surface area contributed by atoms with E-state index in [-0.39, 0.29) is 18.4 Å². The summed E-state index contributed by atoms with van der Waals surface area (Å²) < 4.78 is 11.1. The van der Waals surface area contributed by atoms with Crippen LogP contribution in [-0.4, -0.2) is 43.5 Å². The predicted molar refractivity (Wildman–Crippen MR) is 110 cm³/mol. The maximum atomic E-state index is 12.6. The minimum Gasteiger partial charge on any atom is -0.490 e. The van der Waals surface area contributed by atoms with Crippen LogP contribution < -0.4 is 14.8 Å². The smallest absolute Gasteiger partial charge is 0.254 e. The van der Waals surface area contributed by atoms with Gasteiger partial charge in [-0.1, -0.05) is 6.07 Å². The van der Waals surface area contributed by atoms with Gasteiger partial charge >= 0.3 is 0 Å². The van der Waals surface area contributed by atoms with Crippen molar-refractivity contribution in [2.75, 3.05) is 32.1 Å². The van der Waals surface area contributed by atoms with E-state index in [1.54, 1.807) is 31.3 Å². The highest BCUT2D eigenvalue weighted by Crippen LogP contribution is 2.30. The Kier molecular flexibility index (Phi) is 7.44. The van der Waals surface area contributed by atoms with Crippen molar-refractivity contribution in [3.63, 3.8) is 0 Å². The Bertz CT molecular complexity index is 848. The van der Waals surface area contributed by atoms with Crippen LogP contribution in [0, 0.1) is 13.8 Å². The van der Waals surface area contributed by atoms with Gasteiger partial charge in [0, 0.05) is 24.4 Å². The second kappa shape index (κ2) is 9.78. The first-order valence-corrected chi connectivity index (χ1v) is 9.37. The fourth-order valence-electron chi connectivity index (χ4n) is 2.71. The Labute approximate surface area is 166 Å². The molecule has 0 unspecified atom stereocenters. The van der Waals surface area contributed by atoms with Crippen molar-refractivity contribution in [1.29, 1.82) is 0 Å². The fraction of sp³-hybridized carbons (Fsp3) is 0.364. The number of carbonyl (C=O) groups is 2. The van der Waals surface area contributed by atoms with Crippen LogP contribution in [0.2, 0.25) is 0 Å². The number of ether oxygens (including phenoxy) is 2. The van der Waals surface area contributed by atoms with Crippen LogP contribution in [0.25, 0.3) is 0 Å². The Morgan fingerprint density at radius 3 is 2.25 bits per heavy atom. The second-order valence-corrected chi connectivity index (χ2v) is 6.54. The lowest BCUT2D eigenvalue weighted by molar-refractivity contribution is -0.116. The average Bonchev–Trinajstić information content (AvgIpc) is 2.65. The summed E-state index contributed by atoms with van der Waals surface area (Å²) in [6.45, 7) is 8.70. The molecule has 0 radical (unpaired) electrons. The van der Waals surface area contributed by atoms with Gasteiger partial charge in [0.25, 0.3) is 5.91 Å². The number of rotatable bonds is 8. The third kappa shape index (κ3) is 5.49. The molecule has 0 aliphatic heterocycles. The van der Waals surface area contributed by atoms with Crippen molar-refractivity contribution in [3.8, 4) is 11.5 Å². The summed E-state index contributed by atoms with van der Waals surface area (Å²) in [6, 6.07) is 10.8. The maximum absolute atomic E-state index is 12.6. The number of carbonyl (C=O) groups excluding carboxylic acids is 2. The summed E-state index contributed by atoms with van der Waals surface area (Å²) in [5, 5.41) is 2.80. The molecule has 0 heterocycles. The average molecular weight is 384 g/mol. The van der Waals surface area contributed by atoms with Gasteiger partial charge in [-0.25, -0.2) is 0 Å². The summed E-state index contributed by atoms with van der Waals surface area (Å²) in [4.78, 5) is 26.3. The first kappa shape index (κ1) is 21.3. The molecule has 0 aromatic heterocycles. The molecule has 28 heavy (non-hydrogen) atoms. The van der Waals surface area contributed by atoms with E-state index in [4.69, 9.17) is 9.47 Å². The van der Waals surface area contributed by atoms with E-state index in [0.717, 1.165) is 11.1 Å². The molecule has 0 saturated heterocycles. The molecule has 0 fully saturated rings. The zero-order chi connectivity index (χ0) is 20.7. The standard InChI is InChI=1S/C22H28N2O4/c1-6-27-19-11-10-18(13-20(19)28-7-2)23-21(25)14-24(5)22(26)17-9-8-15(3)16(4)12-17/h8-13H,6-7,14H2,1-5H3,(H,23,25). The van der Waals surface area contributed by atoms with Crippen LogP contribution in [0.15, 0.2) is 36.4 Å². The fourth-order valence-corrected chi connectivity index (χ4v) is 2.71. The number of hydrogen-bond donors (Lipinski definition) is 1. The molecule has 6 heteroatoms. The van der Waals surface area contributed by atoms with E-state index in [0.29, 0.717) is 36.0 Å². The van der Waals surface area contributed by atoms with Gasteiger partial charge in [0.15, 0.2) is 11.5 Å². The number of nitrogens with one attached hydrogen (secondary N) is 1. The topological polar surface area (TPSA) is 67.9 Å². The monoisotopic (exact) mass is 384 g/mol. The van der Waals surface area contributed by atoms with Gasteiger partial charge in [0.2, 0.25) is 5.91 Å². The SMILES string of the molecule is CCOc1ccc(NC(=O)CN(C)C(=O)c2ccc(C)c(C)c2)cc1OCC. The van der Waals surface area contributed by atoms with Crippen LogP contribution in [0.5, 0.6) is 11.5 Å². The van der Waals surface area contributed by atoms with Crippen LogP contribution in [0.4, 0.5) is 5.69 Å². The van der Waals surface area contributed by atoms with Crippen molar-refractivity contribution in [2.45, 2.75) is 27.7 Å². The van der Waals surface area contributed by atoms with Crippen molar-refractivity contribution < 1.29 is 19.1 Å². The largest absolute Gasteiger partial charge is 0.490 e. The molecule has 0 aliphatic carbocycles. The Morgan fingerprint density at radius 2 is 1.61 bits per heavy atom. The molecule has 150 valence electrons. The minimum absolute atomic E-state index is 0.0526. The van der Waals surface area contributed by atoms with Crippen molar-refractivity contribution in [2.24, 2.45) is 0 Å². The Balaban J connectivity index is 2.03. The van der Waals surface area contributed by atoms with E-state index in [1.807, 2.05) is 39.8 Å². The summed E-state index contributed by atoms with van der Waals surface area (Å²) in [6.07, 6.45) is 0. The third-order valence-electron chi connectivity index (χ3n) is 4.31. The lowest BCUT2D eigenvalue weighted by atomic mass is 10.1. The van der Waals surface area contributed by atoms with Crippen molar-refractivity contribution in [3.05, 3.63) is 53.1 Å². The Morgan fingerprint density at radius 1 is 0.929 bits per heavy atom. The number of hydrogen-bond acceptors (Lipinski definition) is 4. The lowest BCUT2D eigenvalue weighted by Gasteiger charge is -2.18.